The molecule has 1 amide bonds. The monoisotopic (exact) mass is 373 g/mol. The van der Waals surface area contributed by atoms with Crippen LogP contribution in [0.4, 0.5) is 0 Å². The highest BCUT2D eigenvalue weighted by Crippen LogP contribution is 2.30. The fraction of sp³-hybridized carbons (Fsp3) is 0.381. The van der Waals surface area contributed by atoms with Gasteiger partial charge in [-0.05, 0) is 61.1 Å². The number of hydrogen-bond acceptors (Lipinski definition) is 3. The van der Waals surface area contributed by atoms with Gasteiger partial charge in [0.2, 0.25) is 0 Å². The Labute approximate surface area is 159 Å². The highest BCUT2D eigenvalue weighted by molar-refractivity contribution is 6.32. The maximum absolute atomic E-state index is 12.7. The van der Waals surface area contributed by atoms with E-state index in [2.05, 4.69) is 0 Å². The fourth-order valence-corrected chi connectivity index (χ4v) is 3.45. The van der Waals surface area contributed by atoms with E-state index in [1.807, 2.05) is 31.3 Å². The molecule has 0 aromatic heterocycles. The van der Waals surface area contributed by atoms with Crippen molar-refractivity contribution < 1.29 is 14.6 Å². The van der Waals surface area contributed by atoms with Crippen molar-refractivity contribution in [3.8, 4) is 16.9 Å². The van der Waals surface area contributed by atoms with Gasteiger partial charge in [-0.25, -0.2) is 0 Å². The average Bonchev–Trinajstić information content (AvgIpc) is 3.17. The first-order chi connectivity index (χ1) is 12.5. The number of rotatable bonds is 6. The Morgan fingerprint density at radius 3 is 2.81 bits per heavy atom. The smallest absolute Gasteiger partial charge is 0.253 e. The van der Waals surface area contributed by atoms with Gasteiger partial charge < -0.3 is 14.7 Å². The Balaban J connectivity index is 1.64. The van der Waals surface area contributed by atoms with Crippen molar-refractivity contribution in [3.05, 3.63) is 53.1 Å². The van der Waals surface area contributed by atoms with Gasteiger partial charge in [-0.2, -0.15) is 0 Å². The first-order valence-electron chi connectivity index (χ1n) is 9.00. The van der Waals surface area contributed by atoms with E-state index >= 15 is 0 Å². The van der Waals surface area contributed by atoms with E-state index in [4.69, 9.17) is 16.3 Å². The molecule has 1 N–H and O–H groups in total. The first kappa shape index (κ1) is 18.7. The number of amides is 1. The zero-order valence-corrected chi connectivity index (χ0v) is 15.7. The van der Waals surface area contributed by atoms with Crippen molar-refractivity contribution in [2.24, 2.45) is 0 Å². The highest BCUT2D eigenvalue weighted by atomic mass is 35.5. The largest absolute Gasteiger partial charge is 0.506 e. The summed E-state index contributed by atoms with van der Waals surface area (Å²) in [6.45, 7) is 1.58. The zero-order valence-electron chi connectivity index (χ0n) is 15.0. The molecule has 1 aliphatic heterocycles. The molecular weight excluding hydrogens is 350 g/mol. The number of halogens is 1. The van der Waals surface area contributed by atoms with Crippen LogP contribution >= 0.6 is 11.6 Å². The lowest BCUT2D eigenvalue weighted by atomic mass is 10.0. The second-order valence-corrected chi connectivity index (χ2v) is 7.16. The topological polar surface area (TPSA) is 49.8 Å². The van der Waals surface area contributed by atoms with E-state index in [0.29, 0.717) is 23.2 Å². The van der Waals surface area contributed by atoms with Crippen molar-refractivity contribution >= 4 is 17.5 Å². The molecule has 0 unspecified atom stereocenters. The van der Waals surface area contributed by atoms with Crippen LogP contribution in [0.25, 0.3) is 11.1 Å². The minimum absolute atomic E-state index is 0.00376. The van der Waals surface area contributed by atoms with Crippen LogP contribution in [0, 0.1) is 0 Å². The number of carbonyl (C=O) groups is 1. The summed E-state index contributed by atoms with van der Waals surface area (Å²) in [6, 6.07) is 12.5. The van der Waals surface area contributed by atoms with Gasteiger partial charge in [0.25, 0.3) is 5.91 Å². The summed E-state index contributed by atoms with van der Waals surface area (Å²) in [6.07, 6.45) is 4.59. The Morgan fingerprint density at radius 2 is 2.08 bits per heavy atom. The molecule has 2 aromatic rings. The van der Waals surface area contributed by atoms with E-state index in [9.17, 15) is 9.90 Å². The molecule has 4 nitrogen and oxygen atoms in total. The normalized spacial score (nSPS) is 16.6. The van der Waals surface area contributed by atoms with Crippen molar-refractivity contribution in [3.63, 3.8) is 0 Å². The number of phenolic OH excluding ortho intramolecular Hbond substituents is 1. The molecule has 1 saturated heterocycles. The average molecular weight is 374 g/mol. The molecule has 1 heterocycles. The van der Waals surface area contributed by atoms with Crippen LogP contribution < -0.4 is 0 Å². The van der Waals surface area contributed by atoms with Crippen molar-refractivity contribution in [1.29, 1.82) is 0 Å². The second-order valence-electron chi connectivity index (χ2n) is 6.75. The SMILES string of the molecule is CN(CCC[C@H]1CCCO1)C(=O)c1cccc(-c2ccc(O)c(Cl)c2)c1. The van der Waals surface area contributed by atoms with Gasteiger partial charge in [-0.3, -0.25) is 4.79 Å². The molecule has 3 rings (SSSR count). The predicted molar refractivity (Wildman–Crippen MR) is 104 cm³/mol. The molecule has 26 heavy (non-hydrogen) atoms. The highest BCUT2D eigenvalue weighted by Gasteiger charge is 2.17. The lowest BCUT2D eigenvalue weighted by molar-refractivity contribution is 0.0763. The van der Waals surface area contributed by atoms with Crippen molar-refractivity contribution in [2.45, 2.75) is 31.8 Å². The third-order valence-electron chi connectivity index (χ3n) is 4.78. The Kier molecular flexibility index (Phi) is 6.17. The number of phenols is 1. The third kappa shape index (κ3) is 4.57. The van der Waals surface area contributed by atoms with Crippen LogP contribution in [0.2, 0.25) is 5.02 Å². The number of hydrogen-bond donors (Lipinski definition) is 1. The Morgan fingerprint density at radius 1 is 1.27 bits per heavy atom. The predicted octanol–water partition coefficient (Wildman–Crippen LogP) is 4.74. The van der Waals surface area contributed by atoms with E-state index in [-0.39, 0.29) is 11.7 Å². The number of nitrogens with zero attached hydrogens (tertiary/aromatic N) is 1. The molecule has 1 fully saturated rings. The van der Waals surface area contributed by atoms with E-state index in [1.54, 1.807) is 23.1 Å². The molecular formula is C21H24ClNO3. The minimum atomic E-state index is 0.00376. The maximum atomic E-state index is 12.7. The number of carbonyl (C=O) groups excluding carboxylic acids is 1. The van der Waals surface area contributed by atoms with Crippen LogP contribution in [0.1, 0.15) is 36.0 Å². The zero-order chi connectivity index (χ0) is 18.5. The molecule has 1 aliphatic rings. The van der Waals surface area contributed by atoms with Gasteiger partial charge in [0.1, 0.15) is 5.75 Å². The quantitative estimate of drug-likeness (QED) is 0.795. The Bertz CT molecular complexity index is 772. The lowest BCUT2D eigenvalue weighted by Gasteiger charge is -2.18. The summed E-state index contributed by atoms with van der Waals surface area (Å²) in [5.41, 5.74) is 2.40. The van der Waals surface area contributed by atoms with Crippen LogP contribution in [0.5, 0.6) is 5.75 Å². The van der Waals surface area contributed by atoms with Gasteiger partial charge in [0.15, 0.2) is 0 Å². The van der Waals surface area contributed by atoms with Crippen LogP contribution in [0.3, 0.4) is 0 Å². The molecule has 0 bridgehead atoms. The van der Waals surface area contributed by atoms with Gasteiger partial charge in [0.05, 0.1) is 11.1 Å². The molecule has 138 valence electrons. The summed E-state index contributed by atoms with van der Waals surface area (Å²) in [7, 11) is 1.84. The maximum Gasteiger partial charge on any atom is 0.253 e. The third-order valence-corrected chi connectivity index (χ3v) is 5.08. The molecule has 0 radical (unpaired) electrons. The van der Waals surface area contributed by atoms with Crippen molar-refractivity contribution in [2.75, 3.05) is 20.2 Å². The summed E-state index contributed by atoms with van der Waals surface area (Å²) in [4.78, 5) is 14.5. The lowest BCUT2D eigenvalue weighted by Crippen LogP contribution is -2.28. The summed E-state index contributed by atoms with van der Waals surface area (Å²) in [5, 5.41) is 9.86. The van der Waals surface area contributed by atoms with Gasteiger partial charge in [0, 0.05) is 25.8 Å². The summed E-state index contributed by atoms with van der Waals surface area (Å²) in [5.74, 6) is 0.0534. The van der Waals surface area contributed by atoms with Gasteiger partial charge in [-0.15, -0.1) is 0 Å². The molecule has 1 atom stereocenters. The first-order valence-corrected chi connectivity index (χ1v) is 9.38. The molecule has 0 saturated carbocycles. The van der Waals surface area contributed by atoms with E-state index in [1.165, 1.54) is 0 Å². The number of ether oxygens (including phenoxy) is 1. The van der Waals surface area contributed by atoms with Crippen LogP contribution in [-0.2, 0) is 4.74 Å². The van der Waals surface area contributed by atoms with E-state index < -0.39 is 0 Å². The number of aromatic hydroxyl groups is 1. The van der Waals surface area contributed by atoms with Crippen molar-refractivity contribution in [1.82, 2.24) is 4.90 Å². The second kappa shape index (κ2) is 8.56. The number of benzene rings is 2. The van der Waals surface area contributed by atoms with Gasteiger partial charge in [-0.1, -0.05) is 29.8 Å². The summed E-state index contributed by atoms with van der Waals surface area (Å²) >= 11 is 5.99. The Hall–Kier alpha value is -2.04. The fourth-order valence-electron chi connectivity index (χ4n) is 3.27. The van der Waals surface area contributed by atoms with Crippen LogP contribution in [-0.4, -0.2) is 42.2 Å². The molecule has 2 aromatic carbocycles. The van der Waals surface area contributed by atoms with Crippen LogP contribution in [0.15, 0.2) is 42.5 Å². The molecule has 5 heteroatoms. The standard InChI is InChI=1S/C21H24ClNO3/c1-23(11-3-7-18-8-4-12-26-18)21(25)17-6-2-5-15(13-17)16-9-10-20(24)19(22)14-16/h2,5-6,9-10,13-14,18,24H,3-4,7-8,11-12H2,1H3/t18-/m0/s1. The van der Waals surface area contributed by atoms with E-state index in [0.717, 1.165) is 43.4 Å². The minimum Gasteiger partial charge on any atom is -0.506 e. The molecule has 0 spiro atoms. The molecule has 0 aliphatic carbocycles. The summed E-state index contributed by atoms with van der Waals surface area (Å²) < 4.78 is 5.63. The van der Waals surface area contributed by atoms with Gasteiger partial charge >= 0.3 is 0 Å².